The molecule has 0 amide bonds. The van der Waals surface area contributed by atoms with Crippen LogP contribution < -0.4 is 5.32 Å². The Morgan fingerprint density at radius 3 is 2.64 bits per heavy atom. The number of benzene rings is 1. The molecule has 0 aliphatic rings. The van der Waals surface area contributed by atoms with Crippen LogP contribution >= 0.6 is 0 Å². The maximum Gasteiger partial charge on any atom is 0.0556 e. The van der Waals surface area contributed by atoms with Gasteiger partial charge < -0.3 is 10.4 Å². The molecule has 14 heavy (non-hydrogen) atoms. The zero-order valence-corrected chi connectivity index (χ0v) is 9.17. The van der Waals surface area contributed by atoms with Crippen molar-refractivity contribution in [3.8, 4) is 0 Å². The Bertz CT molecular complexity index is 296. The number of hydrogen-bond acceptors (Lipinski definition) is 2. The van der Waals surface area contributed by atoms with Gasteiger partial charge in [-0.1, -0.05) is 23.8 Å². The van der Waals surface area contributed by atoms with E-state index < -0.39 is 0 Å². The molecule has 78 valence electrons. The Hall–Kier alpha value is -0.860. The maximum absolute atomic E-state index is 8.71. The lowest BCUT2D eigenvalue weighted by Gasteiger charge is -2.16. The Labute approximate surface area is 86.0 Å². The second-order valence-electron chi connectivity index (χ2n) is 3.76. The fourth-order valence-electron chi connectivity index (χ4n) is 1.70. The molecule has 1 aromatic carbocycles. The van der Waals surface area contributed by atoms with Crippen LogP contribution in [0.1, 0.15) is 29.7 Å². The smallest absolute Gasteiger partial charge is 0.0556 e. The summed E-state index contributed by atoms with van der Waals surface area (Å²) in [6.45, 7) is 7.18. The fraction of sp³-hybridized carbons (Fsp3) is 0.500. The maximum atomic E-state index is 8.71. The van der Waals surface area contributed by atoms with Gasteiger partial charge in [0.2, 0.25) is 0 Å². The van der Waals surface area contributed by atoms with E-state index in [4.69, 9.17) is 5.11 Å². The van der Waals surface area contributed by atoms with Crippen LogP contribution in [0.5, 0.6) is 0 Å². The molecule has 2 N–H and O–H groups in total. The van der Waals surface area contributed by atoms with Crippen LogP contribution in [0.25, 0.3) is 0 Å². The van der Waals surface area contributed by atoms with Gasteiger partial charge in [-0.2, -0.15) is 0 Å². The highest BCUT2D eigenvalue weighted by atomic mass is 16.3. The second-order valence-corrected chi connectivity index (χ2v) is 3.76. The van der Waals surface area contributed by atoms with Crippen LogP contribution in [0.3, 0.4) is 0 Å². The quantitative estimate of drug-likeness (QED) is 0.766. The highest BCUT2D eigenvalue weighted by Gasteiger charge is 2.06. The molecule has 0 unspecified atom stereocenters. The highest BCUT2D eigenvalue weighted by molar-refractivity contribution is 5.32. The van der Waals surface area contributed by atoms with Crippen molar-refractivity contribution in [2.45, 2.75) is 26.8 Å². The van der Waals surface area contributed by atoms with E-state index in [1.54, 1.807) is 0 Å². The number of nitrogens with one attached hydrogen (secondary N) is 1. The molecule has 1 atom stereocenters. The molecule has 0 aliphatic carbocycles. The molecule has 0 bridgehead atoms. The minimum atomic E-state index is 0.190. The van der Waals surface area contributed by atoms with Gasteiger partial charge in [0.05, 0.1) is 6.61 Å². The van der Waals surface area contributed by atoms with Gasteiger partial charge in [-0.15, -0.1) is 0 Å². The largest absolute Gasteiger partial charge is 0.395 e. The van der Waals surface area contributed by atoms with Gasteiger partial charge in [-0.25, -0.2) is 0 Å². The van der Waals surface area contributed by atoms with Gasteiger partial charge in [0.15, 0.2) is 0 Å². The van der Waals surface area contributed by atoms with Crippen molar-refractivity contribution in [2.75, 3.05) is 13.2 Å². The van der Waals surface area contributed by atoms with E-state index in [9.17, 15) is 0 Å². The van der Waals surface area contributed by atoms with E-state index in [-0.39, 0.29) is 6.61 Å². The number of aryl methyl sites for hydroxylation is 2. The van der Waals surface area contributed by atoms with Crippen LogP contribution in [0.4, 0.5) is 0 Å². The summed E-state index contributed by atoms with van der Waals surface area (Å²) in [5.74, 6) is 0. The average molecular weight is 193 g/mol. The predicted octanol–water partition coefficient (Wildman–Crippen LogP) is 1.95. The van der Waals surface area contributed by atoms with Crippen LogP contribution in [-0.2, 0) is 0 Å². The summed E-state index contributed by atoms with van der Waals surface area (Å²) >= 11 is 0. The normalized spacial score (nSPS) is 12.9. The molecule has 0 aromatic heterocycles. The topological polar surface area (TPSA) is 32.3 Å². The summed E-state index contributed by atoms with van der Waals surface area (Å²) in [5, 5.41) is 12.0. The van der Waals surface area contributed by atoms with E-state index in [0.29, 0.717) is 12.6 Å². The third-order valence-electron chi connectivity index (χ3n) is 2.45. The SMILES string of the molecule is Cc1ccc([C@@H](C)NCCO)c(C)c1. The van der Waals surface area contributed by atoms with Crippen LogP contribution in [0.2, 0.25) is 0 Å². The van der Waals surface area contributed by atoms with Gasteiger partial charge in [0.25, 0.3) is 0 Å². The molecule has 0 saturated heterocycles. The molecule has 0 fully saturated rings. The first-order valence-electron chi connectivity index (χ1n) is 5.06. The summed E-state index contributed by atoms with van der Waals surface area (Å²) in [7, 11) is 0. The standard InChI is InChI=1S/C12H19NO/c1-9-4-5-12(10(2)8-9)11(3)13-6-7-14/h4-5,8,11,13-14H,6-7H2,1-3H3/t11-/m1/s1. The monoisotopic (exact) mass is 193 g/mol. The molecule has 2 heteroatoms. The van der Waals surface area contributed by atoms with Crippen molar-refractivity contribution < 1.29 is 5.11 Å². The summed E-state index contributed by atoms with van der Waals surface area (Å²) in [5.41, 5.74) is 3.91. The van der Waals surface area contributed by atoms with E-state index in [2.05, 4.69) is 44.3 Å². The first-order valence-corrected chi connectivity index (χ1v) is 5.06. The Morgan fingerprint density at radius 1 is 1.36 bits per heavy atom. The van der Waals surface area contributed by atoms with Crippen LogP contribution in [-0.4, -0.2) is 18.3 Å². The van der Waals surface area contributed by atoms with Gasteiger partial charge in [-0.3, -0.25) is 0 Å². The van der Waals surface area contributed by atoms with Crippen molar-refractivity contribution in [3.05, 3.63) is 34.9 Å². The fourth-order valence-corrected chi connectivity index (χ4v) is 1.70. The summed E-state index contributed by atoms with van der Waals surface area (Å²) < 4.78 is 0. The molecule has 0 saturated carbocycles. The van der Waals surface area contributed by atoms with E-state index in [1.165, 1.54) is 16.7 Å². The second kappa shape index (κ2) is 5.13. The zero-order chi connectivity index (χ0) is 10.6. The van der Waals surface area contributed by atoms with E-state index in [0.717, 1.165) is 0 Å². The summed E-state index contributed by atoms with van der Waals surface area (Å²) in [6.07, 6.45) is 0. The van der Waals surface area contributed by atoms with Crippen molar-refractivity contribution in [2.24, 2.45) is 0 Å². The number of aliphatic hydroxyl groups is 1. The third kappa shape index (κ3) is 2.82. The number of aliphatic hydroxyl groups excluding tert-OH is 1. The Kier molecular flexibility index (Phi) is 4.11. The lowest BCUT2D eigenvalue weighted by Crippen LogP contribution is -2.22. The molecule has 0 heterocycles. The lowest BCUT2D eigenvalue weighted by molar-refractivity contribution is 0.286. The van der Waals surface area contributed by atoms with Gasteiger partial charge in [0, 0.05) is 12.6 Å². The molecule has 0 spiro atoms. The van der Waals surface area contributed by atoms with Crippen molar-refractivity contribution in [3.63, 3.8) is 0 Å². The van der Waals surface area contributed by atoms with Gasteiger partial charge in [-0.05, 0) is 31.9 Å². The molecule has 1 aromatic rings. The third-order valence-corrected chi connectivity index (χ3v) is 2.45. The minimum absolute atomic E-state index is 0.190. The van der Waals surface area contributed by atoms with Crippen LogP contribution in [0.15, 0.2) is 18.2 Å². The Morgan fingerprint density at radius 2 is 2.07 bits per heavy atom. The predicted molar refractivity (Wildman–Crippen MR) is 59.4 cm³/mol. The molecular weight excluding hydrogens is 174 g/mol. The van der Waals surface area contributed by atoms with Gasteiger partial charge >= 0.3 is 0 Å². The summed E-state index contributed by atoms with van der Waals surface area (Å²) in [4.78, 5) is 0. The zero-order valence-electron chi connectivity index (χ0n) is 9.17. The minimum Gasteiger partial charge on any atom is -0.395 e. The Balaban J connectivity index is 2.74. The average Bonchev–Trinajstić information content (AvgIpc) is 2.14. The highest BCUT2D eigenvalue weighted by Crippen LogP contribution is 2.17. The van der Waals surface area contributed by atoms with E-state index in [1.807, 2.05) is 0 Å². The molecule has 0 aliphatic heterocycles. The number of hydrogen-bond donors (Lipinski definition) is 2. The first-order chi connectivity index (χ1) is 6.65. The molecule has 1 rings (SSSR count). The van der Waals surface area contributed by atoms with Crippen molar-refractivity contribution in [1.29, 1.82) is 0 Å². The summed E-state index contributed by atoms with van der Waals surface area (Å²) in [6, 6.07) is 6.77. The van der Waals surface area contributed by atoms with Crippen molar-refractivity contribution in [1.82, 2.24) is 5.32 Å². The van der Waals surface area contributed by atoms with Crippen molar-refractivity contribution >= 4 is 0 Å². The number of rotatable bonds is 4. The van der Waals surface area contributed by atoms with E-state index >= 15 is 0 Å². The lowest BCUT2D eigenvalue weighted by atomic mass is 10.0. The molecular formula is C12H19NO. The first kappa shape index (κ1) is 11.2. The molecule has 0 radical (unpaired) electrons. The van der Waals surface area contributed by atoms with Crippen LogP contribution in [0, 0.1) is 13.8 Å². The van der Waals surface area contributed by atoms with Gasteiger partial charge in [0.1, 0.15) is 0 Å². The molecule has 2 nitrogen and oxygen atoms in total.